The third-order valence-corrected chi connectivity index (χ3v) is 3.81. The van der Waals surface area contributed by atoms with Gasteiger partial charge in [0.1, 0.15) is 0 Å². The second-order valence-electron chi connectivity index (χ2n) is 4.77. The first-order valence-corrected chi connectivity index (χ1v) is 6.89. The van der Waals surface area contributed by atoms with Crippen LogP contribution in [0, 0.1) is 13.8 Å². The lowest BCUT2D eigenvalue weighted by atomic mass is 10.1. The first-order chi connectivity index (χ1) is 8.90. The minimum atomic E-state index is -0.0190. The standard InChI is InChI=1S/C14H17Cl2N3/c1-8(17)14-9(2)18-19(10(14)3)7-11-4-5-12(15)6-13(11)16/h4-6,8H,7,17H2,1-3H3. The van der Waals surface area contributed by atoms with E-state index in [1.807, 2.05) is 37.6 Å². The van der Waals surface area contributed by atoms with Gasteiger partial charge in [-0.25, -0.2) is 0 Å². The fourth-order valence-corrected chi connectivity index (χ4v) is 2.80. The zero-order valence-corrected chi connectivity index (χ0v) is 12.8. The normalized spacial score (nSPS) is 12.7. The Labute approximate surface area is 123 Å². The molecule has 5 heteroatoms. The van der Waals surface area contributed by atoms with Crippen molar-refractivity contribution >= 4 is 23.2 Å². The lowest BCUT2D eigenvalue weighted by Gasteiger charge is -2.09. The highest BCUT2D eigenvalue weighted by Crippen LogP contribution is 2.24. The predicted molar refractivity (Wildman–Crippen MR) is 79.9 cm³/mol. The molecule has 1 aromatic heterocycles. The average molecular weight is 298 g/mol. The van der Waals surface area contributed by atoms with Crippen LogP contribution in [0.25, 0.3) is 0 Å². The summed E-state index contributed by atoms with van der Waals surface area (Å²) in [4.78, 5) is 0. The summed E-state index contributed by atoms with van der Waals surface area (Å²) in [7, 11) is 0. The van der Waals surface area contributed by atoms with Crippen molar-refractivity contribution in [3.05, 3.63) is 50.8 Å². The van der Waals surface area contributed by atoms with Gasteiger partial charge >= 0.3 is 0 Å². The molecule has 0 radical (unpaired) electrons. The van der Waals surface area contributed by atoms with Crippen molar-refractivity contribution in [1.29, 1.82) is 0 Å². The van der Waals surface area contributed by atoms with Crippen LogP contribution in [-0.4, -0.2) is 9.78 Å². The molecular formula is C14H17Cl2N3. The summed E-state index contributed by atoms with van der Waals surface area (Å²) in [6.07, 6.45) is 0. The monoisotopic (exact) mass is 297 g/mol. The number of nitrogens with zero attached hydrogens (tertiary/aromatic N) is 2. The van der Waals surface area contributed by atoms with E-state index in [0.717, 1.165) is 22.5 Å². The Kier molecular flexibility index (Phi) is 4.19. The van der Waals surface area contributed by atoms with Crippen molar-refractivity contribution in [3.8, 4) is 0 Å². The van der Waals surface area contributed by atoms with Gasteiger partial charge in [0.05, 0.1) is 12.2 Å². The van der Waals surface area contributed by atoms with Crippen LogP contribution in [0.4, 0.5) is 0 Å². The van der Waals surface area contributed by atoms with Crippen LogP contribution in [0.5, 0.6) is 0 Å². The molecule has 1 atom stereocenters. The van der Waals surface area contributed by atoms with E-state index in [9.17, 15) is 0 Å². The van der Waals surface area contributed by atoms with Crippen molar-refractivity contribution in [2.45, 2.75) is 33.4 Å². The quantitative estimate of drug-likeness (QED) is 0.934. The maximum absolute atomic E-state index is 6.19. The molecule has 1 heterocycles. The zero-order valence-electron chi connectivity index (χ0n) is 11.2. The molecular weight excluding hydrogens is 281 g/mol. The van der Waals surface area contributed by atoms with Gasteiger partial charge in [0.2, 0.25) is 0 Å². The molecule has 0 saturated carbocycles. The lowest BCUT2D eigenvalue weighted by molar-refractivity contribution is 0.656. The third-order valence-electron chi connectivity index (χ3n) is 3.23. The largest absolute Gasteiger partial charge is 0.324 e. The van der Waals surface area contributed by atoms with Gasteiger partial charge in [-0.2, -0.15) is 5.10 Å². The van der Waals surface area contributed by atoms with Gasteiger partial charge in [-0.15, -0.1) is 0 Å². The van der Waals surface area contributed by atoms with Crippen LogP contribution in [0.1, 0.15) is 35.5 Å². The maximum atomic E-state index is 6.19. The number of benzene rings is 1. The lowest BCUT2D eigenvalue weighted by Crippen LogP contribution is -2.09. The topological polar surface area (TPSA) is 43.8 Å². The Balaban J connectivity index is 2.36. The molecule has 19 heavy (non-hydrogen) atoms. The summed E-state index contributed by atoms with van der Waals surface area (Å²) in [5.41, 5.74) is 10.1. The van der Waals surface area contributed by atoms with Crippen LogP contribution < -0.4 is 5.73 Å². The molecule has 0 saturated heterocycles. The summed E-state index contributed by atoms with van der Waals surface area (Å²) in [5.74, 6) is 0. The molecule has 2 N–H and O–H groups in total. The molecule has 102 valence electrons. The van der Waals surface area contributed by atoms with Gasteiger partial charge < -0.3 is 5.73 Å². The van der Waals surface area contributed by atoms with Crippen LogP contribution in [0.2, 0.25) is 10.0 Å². The number of halogens is 2. The Morgan fingerprint density at radius 2 is 2.00 bits per heavy atom. The van der Waals surface area contributed by atoms with Crippen molar-refractivity contribution in [1.82, 2.24) is 9.78 Å². The summed E-state index contributed by atoms with van der Waals surface area (Å²) in [6.45, 7) is 6.60. The van der Waals surface area contributed by atoms with Crippen LogP contribution >= 0.6 is 23.2 Å². The molecule has 1 aromatic carbocycles. The van der Waals surface area contributed by atoms with Crippen LogP contribution in [0.15, 0.2) is 18.2 Å². The van der Waals surface area contributed by atoms with Crippen molar-refractivity contribution in [2.75, 3.05) is 0 Å². The molecule has 1 unspecified atom stereocenters. The number of nitrogens with two attached hydrogens (primary N) is 1. The summed E-state index contributed by atoms with van der Waals surface area (Å²) >= 11 is 12.1. The van der Waals surface area contributed by atoms with E-state index in [1.165, 1.54) is 0 Å². The van der Waals surface area contributed by atoms with Gasteiger partial charge in [-0.3, -0.25) is 4.68 Å². The number of rotatable bonds is 3. The molecule has 2 aromatic rings. The zero-order chi connectivity index (χ0) is 14.2. The van der Waals surface area contributed by atoms with E-state index < -0.39 is 0 Å². The molecule has 0 aliphatic carbocycles. The van der Waals surface area contributed by atoms with Gasteiger partial charge in [-0.05, 0) is 38.5 Å². The second kappa shape index (κ2) is 5.53. The smallest absolute Gasteiger partial charge is 0.0677 e. The number of hydrogen-bond donors (Lipinski definition) is 1. The van der Waals surface area contributed by atoms with Gasteiger partial charge in [-0.1, -0.05) is 29.3 Å². The molecule has 0 aliphatic rings. The van der Waals surface area contributed by atoms with E-state index in [0.29, 0.717) is 16.6 Å². The predicted octanol–water partition coefficient (Wildman–Crippen LogP) is 3.87. The first-order valence-electron chi connectivity index (χ1n) is 6.13. The number of aromatic nitrogens is 2. The molecule has 0 fully saturated rings. The summed E-state index contributed by atoms with van der Waals surface area (Å²) in [6, 6.07) is 5.49. The Morgan fingerprint density at radius 3 is 2.53 bits per heavy atom. The number of aryl methyl sites for hydroxylation is 1. The van der Waals surface area contributed by atoms with Crippen molar-refractivity contribution < 1.29 is 0 Å². The Hall–Kier alpha value is -1.03. The average Bonchev–Trinajstić information content (AvgIpc) is 2.58. The molecule has 3 nitrogen and oxygen atoms in total. The Morgan fingerprint density at radius 1 is 1.32 bits per heavy atom. The van der Waals surface area contributed by atoms with E-state index in [4.69, 9.17) is 28.9 Å². The van der Waals surface area contributed by atoms with E-state index >= 15 is 0 Å². The number of hydrogen-bond acceptors (Lipinski definition) is 2. The van der Waals surface area contributed by atoms with Gasteiger partial charge in [0, 0.05) is 27.3 Å². The van der Waals surface area contributed by atoms with Gasteiger partial charge in [0.15, 0.2) is 0 Å². The van der Waals surface area contributed by atoms with Crippen LogP contribution in [-0.2, 0) is 6.54 Å². The van der Waals surface area contributed by atoms with Crippen molar-refractivity contribution in [3.63, 3.8) is 0 Å². The molecule has 2 rings (SSSR count). The van der Waals surface area contributed by atoms with Crippen LogP contribution in [0.3, 0.4) is 0 Å². The minimum absolute atomic E-state index is 0.0190. The maximum Gasteiger partial charge on any atom is 0.0677 e. The second-order valence-corrected chi connectivity index (χ2v) is 5.61. The fourth-order valence-electron chi connectivity index (χ4n) is 2.33. The van der Waals surface area contributed by atoms with E-state index in [1.54, 1.807) is 6.07 Å². The first kappa shape index (κ1) is 14.4. The van der Waals surface area contributed by atoms with E-state index in [2.05, 4.69) is 5.10 Å². The Bertz CT molecular complexity index is 603. The molecule has 0 amide bonds. The summed E-state index contributed by atoms with van der Waals surface area (Å²) in [5, 5.41) is 5.83. The highest BCUT2D eigenvalue weighted by Gasteiger charge is 2.15. The SMILES string of the molecule is Cc1nn(Cc2ccc(Cl)cc2Cl)c(C)c1C(C)N. The minimum Gasteiger partial charge on any atom is -0.324 e. The summed E-state index contributed by atoms with van der Waals surface area (Å²) < 4.78 is 1.93. The third kappa shape index (κ3) is 2.94. The fraction of sp³-hybridized carbons (Fsp3) is 0.357. The van der Waals surface area contributed by atoms with E-state index in [-0.39, 0.29) is 6.04 Å². The van der Waals surface area contributed by atoms with Gasteiger partial charge in [0.25, 0.3) is 0 Å². The molecule has 0 spiro atoms. The highest BCUT2D eigenvalue weighted by molar-refractivity contribution is 6.35. The highest BCUT2D eigenvalue weighted by atomic mass is 35.5. The molecule has 0 aliphatic heterocycles. The van der Waals surface area contributed by atoms with Crippen molar-refractivity contribution in [2.24, 2.45) is 5.73 Å². The molecule has 0 bridgehead atoms.